The van der Waals surface area contributed by atoms with Crippen LogP contribution in [0.3, 0.4) is 0 Å². The minimum Gasteiger partial charge on any atom is -0.287 e. The number of carbonyl (C=O) groups is 1. The molecule has 0 unspecified atom stereocenters. The predicted octanol–water partition coefficient (Wildman–Crippen LogP) is 3.31. The van der Waals surface area contributed by atoms with Crippen molar-refractivity contribution in [3.05, 3.63) is 52.3 Å². The first-order valence-electron chi connectivity index (χ1n) is 4.81. The molecule has 0 aliphatic rings. The predicted molar refractivity (Wildman–Crippen MR) is 58.5 cm³/mol. The van der Waals surface area contributed by atoms with E-state index in [1.54, 1.807) is 11.2 Å². The zero-order valence-corrected chi connectivity index (χ0v) is 9.51. The molecule has 0 bridgehead atoms. The van der Waals surface area contributed by atoms with Crippen molar-refractivity contribution in [2.45, 2.75) is 6.18 Å². The van der Waals surface area contributed by atoms with Crippen molar-refractivity contribution in [3.8, 4) is 0 Å². The van der Waals surface area contributed by atoms with Gasteiger partial charge in [0.1, 0.15) is 11.4 Å². The number of H-pyrrole nitrogens is 1. The van der Waals surface area contributed by atoms with Gasteiger partial charge in [-0.25, -0.2) is 0 Å². The highest BCUT2D eigenvalue weighted by Gasteiger charge is 2.33. The number of ketones is 1. The van der Waals surface area contributed by atoms with Gasteiger partial charge in [-0.15, -0.1) is 0 Å². The van der Waals surface area contributed by atoms with Crippen LogP contribution in [0.15, 0.2) is 30.3 Å². The van der Waals surface area contributed by atoms with E-state index in [9.17, 15) is 18.0 Å². The summed E-state index contributed by atoms with van der Waals surface area (Å²) in [7, 11) is 0. The quantitative estimate of drug-likeness (QED) is 0.854. The van der Waals surface area contributed by atoms with Crippen molar-refractivity contribution in [2.75, 3.05) is 0 Å². The van der Waals surface area contributed by atoms with Gasteiger partial charge in [0.15, 0.2) is 0 Å². The van der Waals surface area contributed by atoms with Gasteiger partial charge in [0.25, 0.3) is 0 Å². The molecule has 1 aromatic carbocycles. The summed E-state index contributed by atoms with van der Waals surface area (Å²) in [5.41, 5.74) is -1.18. The van der Waals surface area contributed by atoms with Gasteiger partial charge in [-0.05, 0) is 18.2 Å². The van der Waals surface area contributed by atoms with Gasteiger partial charge in [0.05, 0.1) is 0 Å². The topological polar surface area (TPSA) is 45.8 Å². The van der Waals surface area contributed by atoms with Crippen molar-refractivity contribution in [3.63, 3.8) is 0 Å². The van der Waals surface area contributed by atoms with Gasteiger partial charge in [-0.1, -0.05) is 23.7 Å². The van der Waals surface area contributed by atoms with Crippen LogP contribution in [0.5, 0.6) is 0 Å². The molecule has 0 radical (unpaired) electrons. The van der Waals surface area contributed by atoms with Crippen molar-refractivity contribution in [2.24, 2.45) is 0 Å². The molecule has 2 aromatic rings. The maximum Gasteiger partial charge on any atom is 0.432 e. The molecule has 1 aromatic heterocycles. The molecule has 1 N–H and O–H groups in total. The molecule has 0 amide bonds. The first-order valence-corrected chi connectivity index (χ1v) is 5.18. The van der Waals surface area contributed by atoms with Gasteiger partial charge in [0, 0.05) is 10.6 Å². The zero-order valence-electron chi connectivity index (χ0n) is 8.75. The molecule has 0 atom stereocenters. The fourth-order valence-corrected chi connectivity index (χ4v) is 1.55. The standard InChI is InChI=1S/C11H6ClF3N2O/c12-7-3-1-2-6(4-7)10(18)8-5-9(17-16-8)11(13,14)15/h1-5H,(H,16,17). The van der Waals surface area contributed by atoms with Crippen LogP contribution in [0.2, 0.25) is 5.02 Å². The maximum atomic E-state index is 12.3. The lowest BCUT2D eigenvalue weighted by Crippen LogP contribution is -2.05. The van der Waals surface area contributed by atoms with Crippen LogP contribution in [0.4, 0.5) is 13.2 Å². The number of alkyl halides is 3. The van der Waals surface area contributed by atoms with Crippen LogP contribution < -0.4 is 0 Å². The van der Waals surface area contributed by atoms with E-state index in [1.807, 2.05) is 0 Å². The Morgan fingerprint density at radius 1 is 1.28 bits per heavy atom. The molecule has 18 heavy (non-hydrogen) atoms. The second-order valence-electron chi connectivity index (χ2n) is 3.50. The van der Waals surface area contributed by atoms with E-state index in [4.69, 9.17) is 11.6 Å². The summed E-state index contributed by atoms with van der Waals surface area (Å²) in [5.74, 6) is -0.621. The van der Waals surface area contributed by atoms with E-state index in [1.165, 1.54) is 18.2 Å². The lowest BCUT2D eigenvalue weighted by molar-refractivity contribution is -0.141. The van der Waals surface area contributed by atoms with Gasteiger partial charge in [-0.2, -0.15) is 18.3 Å². The molecule has 94 valence electrons. The average molecular weight is 275 g/mol. The van der Waals surface area contributed by atoms with Gasteiger partial charge < -0.3 is 0 Å². The van der Waals surface area contributed by atoms with Crippen molar-refractivity contribution in [1.82, 2.24) is 10.2 Å². The molecular weight excluding hydrogens is 269 g/mol. The summed E-state index contributed by atoms with van der Waals surface area (Å²) in [5, 5.41) is 5.46. The van der Waals surface area contributed by atoms with E-state index in [0.717, 1.165) is 0 Å². The minimum absolute atomic E-state index is 0.183. The third kappa shape index (κ3) is 2.53. The van der Waals surface area contributed by atoms with Gasteiger partial charge >= 0.3 is 6.18 Å². The van der Waals surface area contributed by atoms with Crippen molar-refractivity contribution >= 4 is 17.4 Å². The Hall–Kier alpha value is -1.82. The fourth-order valence-electron chi connectivity index (χ4n) is 1.36. The molecule has 2 rings (SSSR count). The highest BCUT2D eigenvalue weighted by Crippen LogP contribution is 2.28. The van der Waals surface area contributed by atoms with Crippen LogP contribution in [0.1, 0.15) is 21.7 Å². The number of benzene rings is 1. The molecule has 7 heteroatoms. The average Bonchev–Trinajstić information content (AvgIpc) is 2.77. The van der Waals surface area contributed by atoms with E-state index >= 15 is 0 Å². The molecular formula is C11H6ClF3N2O. The number of aromatic nitrogens is 2. The Morgan fingerprint density at radius 3 is 2.56 bits per heavy atom. The number of nitrogens with zero attached hydrogens (tertiary/aromatic N) is 1. The second kappa shape index (κ2) is 4.45. The highest BCUT2D eigenvalue weighted by molar-refractivity contribution is 6.31. The third-order valence-electron chi connectivity index (χ3n) is 2.20. The number of rotatable bonds is 2. The highest BCUT2D eigenvalue weighted by atomic mass is 35.5. The Kier molecular flexibility index (Phi) is 3.13. The van der Waals surface area contributed by atoms with E-state index in [0.29, 0.717) is 11.1 Å². The van der Waals surface area contributed by atoms with Crippen molar-refractivity contribution in [1.29, 1.82) is 0 Å². The molecule has 0 spiro atoms. The summed E-state index contributed by atoms with van der Waals surface area (Å²) in [6.45, 7) is 0. The minimum atomic E-state index is -4.56. The van der Waals surface area contributed by atoms with Crippen LogP contribution in [0, 0.1) is 0 Å². The zero-order chi connectivity index (χ0) is 13.3. The number of halogens is 4. The summed E-state index contributed by atoms with van der Waals surface area (Å²) < 4.78 is 37.0. The monoisotopic (exact) mass is 274 g/mol. The SMILES string of the molecule is O=C(c1cccc(Cl)c1)c1cc(C(F)(F)F)[nH]n1. The van der Waals surface area contributed by atoms with Crippen molar-refractivity contribution < 1.29 is 18.0 Å². The summed E-state index contributed by atoms with van der Waals surface area (Å²) in [6, 6.07) is 6.59. The molecule has 0 saturated carbocycles. The largest absolute Gasteiger partial charge is 0.432 e. The Balaban J connectivity index is 2.33. The number of nitrogens with one attached hydrogen (secondary N) is 1. The number of aromatic amines is 1. The van der Waals surface area contributed by atoms with E-state index < -0.39 is 17.7 Å². The lowest BCUT2D eigenvalue weighted by Gasteiger charge is -2.00. The molecule has 1 heterocycles. The molecule has 0 saturated heterocycles. The summed E-state index contributed by atoms with van der Waals surface area (Å²) in [6.07, 6.45) is -4.56. The molecule has 0 aliphatic heterocycles. The normalized spacial score (nSPS) is 11.6. The smallest absolute Gasteiger partial charge is 0.287 e. The number of hydrogen-bond acceptors (Lipinski definition) is 2. The van der Waals surface area contributed by atoms with E-state index in [-0.39, 0.29) is 11.3 Å². The Bertz CT molecular complexity index is 592. The second-order valence-corrected chi connectivity index (χ2v) is 3.94. The first-order chi connectivity index (χ1) is 8.38. The number of hydrogen-bond donors (Lipinski definition) is 1. The molecule has 0 fully saturated rings. The van der Waals surface area contributed by atoms with Gasteiger partial charge in [-0.3, -0.25) is 9.89 Å². The summed E-state index contributed by atoms with van der Waals surface area (Å²) in [4.78, 5) is 11.8. The number of carbonyl (C=O) groups excluding carboxylic acids is 1. The van der Waals surface area contributed by atoms with Crippen LogP contribution in [0.25, 0.3) is 0 Å². The van der Waals surface area contributed by atoms with Crippen LogP contribution >= 0.6 is 11.6 Å². The third-order valence-corrected chi connectivity index (χ3v) is 2.44. The molecule has 0 aliphatic carbocycles. The summed E-state index contributed by atoms with van der Waals surface area (Å²) >= 11 is 5.69. The van der Waals surface area contributed by atoms with Gasteiger partial charge in [0.2, 0.25) is 5.78 Å². The first kappa shape index (κ1) is 12.6. The Morgan fingerprint density at radius 2 is 2.00 bits per heavy atom. The van der Waals surface area contributed by atoms with E-state index in [2.05, 4.69) is 5.10 Å². The molecule has 3 nitrogen and oxygen atoms in total. The maximum absolute atomic E-state index is 12.3. The lowest BCUT2D eigenvalue weighted by atomic mass is 10.1. The Labute approximate surface area is 105 Å². The van der Waals surface area contributed by atoms with Crippen LogP contribution in [-0.4, -0.2) is 16.0 Å². The fraction of sp³-hybridized carbons (Fsp3) is 0.0909. The van der Waals surface area contributed by atoms with Crippen LogP contribution in [-0.2, 0) is 6.18 Å².